The van der Waals surface area contributed by atoms with E-state index in [1.54, 1.807) is 24.1 Å². The molecule has 2 N–H and O–H groups in total. The summed E-state index contributed by atoms with van der Waals surface area (Å²) in [4.78, 5) is 24.3. The molecule has 1 aliphatic carbocycles. The Bertz CT molecular complexity index is 515. The third-order valence-electron chi connectivity index (χ3n) is 4.17. The van der Waals surface area contributed by atoms with Crippen molar-refractivity contribution in [1.82, 2.24) is 0 Å². The summed E-state index contributed by atoms with van der Waals surface area (Å²) < 4.78 is 0. The highest BCUT2D eigenvalue weighted by Gasteiger charge is 2.29. The summed E-state index contributed by atoms with van der Waals surface area (Å²) in [6, 6.07) is 5.91. The monoisotopic (exact) mass is 291 g/mol. The molecule has 1 saturated carbocycles. The van der Waals surface area contributed by atoms with Crippen molar-refractivity contribution in [2.24, 2.45) is 11.7 Å². The highest BCUT2D eigenvalue weighted by Crippen LogP contribution is 2.26. The van der Waals surface area contributed by atoms with E-state index in [0.717, 1.165) is 32.1 Å². The lowest BCUT2D eigenvalue weighted by atomic mass is 9.94. The zero-order valence-electron chi connectivity index (χ0n) is 12.2. The Morgan fingerprint density at radius 3 is 2.48 bits per heavy atom. The number of carbonyl (C=O) groups excluding carboxylic acids is 1. The Morgan fingerprint density at radius 1 is 1.24 bits per heavy atom. The second kappa shape index (κ2) is 6.67. The van der Waals surface area contributed by atoms with E-state index in [4.69, 9.17) is 5.73 Å². The number of carbonyl (C=O) groups is 1. The molecule has 2 unspecified atom stereocenters. The Balaban J connectivity index is 2.12. The smallest absolute Gasteiger partial charge is 0.269 e. The summed E-state index contributed by atoms with van der Waals surface area (Å²) in [6.45, 7) is 0. The van der Waals surface area contributed by atoms with Crippen LogP contribution >= 0.6 is 0 Å². The van der Waals surface area contributed by atoms with Gasteiger partial charge in [-0.1, -0.05) is 19.3 Å². The Kier molecular flexibility index (Phi) is 4.90. The molecular formula is C15H21N3O3. The van der Waals surface area contributed by atoms with Crippen molar-refractivity contribution in [3.63, 3.8) is 0 Å². The fourth-order valence-corrected chi connectivity index (χ4v) is 2.82. The van der Waals surface area contributed by atoms with Gasteiger partial charge in [0.25, 0.3) is 5.69 Å². The second-order valence-corrected chi connectivity index (χ2v) is 5.58. The number of nitrogens with zero attached hydrogens (tertiary/aromatic N) is 2. The summed E-state index contributed by atoms with van der Waals surface area (Å²) in [7, 11) is 1.70. The van der Waals surface area contributed by atoms with Gasteiger partial charge < -0.3 is 10.6 Å². The molecule has 21 heavy (non-hydrogen) atoms. The van der Waals surface area contributed by atoms with Crippen LogP contribution in [0.25, 0.3) is 0 Å². The molecule has 2 rings (SSSR count). The number of hydrogen-bond donors (Lipinski definition) is 1. The van der Waals surface area contributed by atoms with Gasteiger partial charge in [0.2, 0.25) is 5.91 Å². The number of nitro benzene ring substituents is 1. The number of rotatable bonds is 3. The van der Waals surface area contributed by atoms with Gasteiger partial charge in [0.1, 0.15) is 0 Å². The van der Waals surface area contributed by atoms with Crippen molar-refractivity contribution in [3.05, 3.63) is 34.4 Å². The van der Waals surface area contributed by atoms with Crippen LogP contribution in [-0.2, 0) is 4.79 Å². The Labute approximate surface area is 124 Å². The first kappa shape index (κ1) is 15.4. The minimum atomic E-state index is -0.452. The van der Waals surface area contributed by atoms with Gasteiger partial charge in [0.05, 0.1) is 10.8 Å². The number of hydrogen-bond acceptors (Lipinski definition) is 4. The van der Waals surface area contributed by atoms with Gasteiger partial charge in [0.15, 0.2) is 0 Å². The number of nitro groups is 1. The van der Waals surface area contributed by atoms with Crippen LogP contribution in [0.15, 0.2) is 24.3 Å². The fraction of sp³-hybridized carbons (Fsp3) is 0.533. The van der Waals surface area contributed by atoms with Crippen molar-refractivity contribution in [2.45, 2.75) is 38.1 Å². The van der Waals surface area contributed by atoms with Crippen molar-refractivity contribution < 1.29 is 9.72 Å². The van der Waals surface area contributed by atoms with Crippen molar-refractivity contribution in [3.8, 4) is 0 Å². The molecule has 0 saturated heterocycles. The molecule has 0 aliphatic heterocycles. The summed E-state index contributed by atoms with van der Waals surface area (Å²) in [5.74, 6) is -0.161. The Hall–Kier alpha value is -1.95. The van der Waals surface area contributed by atoms with E-state index in [1.807, 2.05) is 0 Å². The first-order valence-electron chi connectivity index (χ1n) is 7.28. The summed E-state index contributed by atoms with van der Waals surface area (Å²) in [6.07, 6.45) is 4.92. The van der Waals surface area contributed by atoms with Crippen LogP contribution in [0, 0.1) is 16.0 Å². The molecule has 0 heterocycles. The highest BCUT2D eigenvalue weighted by molar-refractivity contribution is 5.95. The number of benzene rings is 1. The predicted octanol–water partition coefficient (Wildman–Crippen LogP) is 2.47. The van der Waals surface area contributed by atoms with E-state index in [2.05, 4.69) is 0 Å². The molecule has 1 aromatic carbocycles. The zero-order chi connectivity index (χ0) is 15.4. The summed E-state index contributed by atoms with van der Waals surface area (Å²) >= 11 is 0. The van der Waals surface area contributed by atoms with E-state index < -0.39 is 4.92 Å². The maximum absolute atomic E-state index is 12.6. The number of amides is 1. The van der Waals surface area contributed by atoms with Crippen LogP contribution in [0.2, 0.25) is 0 Å². The minimum Gasteiger partial charge on any atom is -0.327 e. The molecule has 1 amide bonds. The number of nitrogens with two attached hydrogens (primary N) is 1. The lowest BCUT2D eigenvalue weighted by molar-refractivity contribution is -0.384. The van der Waals surface area contributed by atoms with Crippen LogP contribution in [0.1, 0.15) is 32.1 Å². The molecule has 1 fully saturated rings. The van der Waals surface area contributed by atoms with Crippen LogP contribution in [0.3, 0.4) is 0 Å². The van der Waals surface area contributed by atoms with E-state index in [9.17, 15) is 14.9 Å². The normalized spacial score (nSPS) is 22.4. The first-order valence-corrected chi connectivity index (χ1v) is 7.28. The molecule has 6 heteroatoms. The van der Waals surface area contributed by atoms with Gasteiger partial charge in [-0.15, -0.1) is 0 Å². The third kappa shape index (κ3) is 3.58. The van der Waals surface area contributed by atoms with Crippen LogP contribution < -0.4 is 10.6 Å². The van der Waals surface area contributed by atoms with E-state index in [-0.39, 0.29) is 23.6 Å². The fourth-order valence-electron chi connectivity index (χ4n) is 2.82. The van der Waals surface area contributed by atoms with Gasteiger partial charge in [-0.25, -0.2) is 0 Å². The first-order chi connectivity index (χ1) is 10.0. The number of anilines is 1. The molecule has 2 atom stereocenters. The lowest BCUT2D eigenvalue weighted by Gasteiger charge is -2.26. The number of non-ortho nitro benzene ring substituents is 1. The second-order valence-electron chi connectivity index (χ2n) is 5.58. The maximum atomic E-state index is 12.6. The van der Waals surface area contributed by atoms with Crippen molar-refractivity contribution in [1.29, 1.82) is 0 Å². The predicted molar refractivity (Wildman–Crippen MR) is 81.1 cm³/mol. The standard InChI is InChI=1S/C15H21N3O3/c1-17(11-7-9-12(10-8-11)18(20)21)15(19)13-5-3-2-4-6-14(13)16/h7-10,13-14H,2-6,16H2,1H3. The van der Waals surface area contributed by atoms with Gasteiger partial charge in [0, 0.05) is 30.9 Å². The maximum Gasteiger partial charge on any atom is 0.269 e. The van der Waals surface area contributed by atoms with Gasteiger partial charge in [-0.05, 0) is 25.0 Å². The van der Waals surface area contributed by atoms with Gasteiger partial charge in [-0.3, -0.25) is 14.9 Å². The molecular weight excluding hydrogens is 270 g/mol. The SMILES string of the molecule is CN(C(=O)C1CCCCCC1N)c1ccc([N+](=O)[O-])cc1. The largest absolute Gasteiger partial charge is 0.327 e. The van der Waals surface area contributed by atoms with E-state index in [1.165, 1.54) is 12.1 Å². The molecule has 0 bridgehead atoms. The van der Waals surface area contributed by atoms with Gasteiger partial charge >= 0.3 is 0 Å². The molecule has 0 radical (unpaired) electrons. The summed E-state index contributed by atoms with van der Waals surface area (Å²) in [5.41, 5.74) is 6.80. The topological polar surface area (TPSA) is 89.5 Å². The van der Waals surface area contributed by atoms with E-state index in [0.29, 0.717) is 5.69 Å². The quantitative estimate of drug-likeness (QED) is 0.526. The molecule has 0 aromatic heterocycles. The van der Waals surface area contributed by atoms with E-state index >= 15 is 0 Å². The summed E-state index contributed by atoms with van der Waals surface area (Å²) in [5, 5.41) is 10.7. The highest BCUT2D eigenvalue weighted by atomic mass is 16.6. The molecule has 6 nitrogen and oxygen atoms in total. The third-order valence-corrected chi connectivity index (χ3v) is 4.17. The average Bonchev–Trinajstić information content (AvgIpc) is 2.70. The minimum absolute atomic E-state index is 0.00162. The Morgan fingerprint density at radius 2 is 1.86 bits per heavy atom. The van der Waals surface area contributed by atoms with Crippen molar-refractivity contribution >= 4 is 17.3 Å². The molecule has 114 valence electrons. The lowest BCUT2D eigenvalue weighted by Crippen LogP contribution is -2.42. The molecule has 1 aromatic rings. The molecule has 1 aliphatic rings. The molecule has 0 spiro atoms. The van der Waals surface area contributed by atoms with Crippen LogP contribution in [0.5, 0.6) is 0 Å². The average molecular weight is 291 g/mol. The van der Waals surface area contributed by atoms with Crippen LogP contribution in [0.4, 0.5) is 11.4 Å². The van der Waals surface area contributed by atoms with Gasteiger partial charge in [-0.2, -0.15) is 0 Å². The van der Waals surface area contributed by atoms with Crippen LogP contribution in [-0.4, -0.2) is 23.9 Å². The van der Waals surface area contributed by atoms with Crippen molar-refractivity contribution in [2.75, 3.05) is 11.9 Å². The zero-order valence-corrected chi connectivity index (χ0v) is 12.2.